The van der Waals surface area contributed by atoms with Crippen molar-refractivity contribution < 1.29 is 14.3 Å². The van der Waals surface area contributed by atoms with Gasteiger partial charge in [0.1, 0.15) is 0 Å². The molecule has 0 aromatic carbocycles. The summed E-state index contributed by atoms with van der Waals surface area (Å²) in [6.07, 6.45) is 0.528. The Kier molecular flexibility index (Phi) is 8.37. The summed E-state index contributed by atoms with van der Waals surface area (Å²) in [7, 11) is -0.570. The maximum atomic E-state index is 9.51. The van der Waals surface area contributed by atoms with Gasteiger partial charge in [0.15, 0.2) is 14.4 Å². The fourth-order valence-corrected chi connectivity index (χ4v) is 2.85. The van der Waals surface area contributed by atoms with Crippen LogP contribution >= 0.6 is 0 Å². The van der Waals surface area contributed by atoms with E-state index in [9.17, 15) is 10.4 Å². The molecule has 0 aromatic rings. The smallest absolute Gasteiger partial charge is 0.193 e. The van der Waals surface area contributed by atoms with Crippen LogP contribution in [0.15, 0.2) is 12.7 Å². The molecule has 5 nitrogen and oxygen atoms in total. The molecule has 21 heavy (non-hydrogen) atoms. The second-order valence-electron chi connectivity index (χ2n) is 6.61. The van der Waals surface area contributed by atoms with Crippen molar-refractivity contribution in [3.8, 4) is 6.07 Å². The van der Waals surface area contributed by atoms with Gasteiger partial charge < -0.3 is 19.6 Å². The van der Waals surface area contributed by atoms with Gasteiger partial charge in [-0.2, -0.15) is 5.26 Å². The first kappa shape index (κ1) is 20.3. The SMILES string of the molecule is C=CCN[C@@H]([C@H](C#N)O[Si](C)(C)C(C)(C)C)[C@H](CO)OC. The predicted molar refractivity (Wildman–Crippen MR) is 87.6 cm³/mol. The zero-order valence-electron chi connectivity index (χ0n) is 14.1. The summed E-state index contributed by atoms with van der Waals surface area (Å²) in [5.74, 6) is 0. The molecule has 6 heteroatoms. The number of ether oxygens (including phenoxy) is 1. The van der Waals surface area contributed by atoms with Crippen molar-refractivity contribution in [1.29, 1.82) is 5.26 Å². The molecule has 0 aliphatic heterocycles. The molecule has 0 spiro atoms. The van der Waals surface area contributed by atoms with Gasteiger partial charge in [-0.25, -0.2) is 0 Å². The highest BCUT2D eigenvalue weighted by Gasteiger charge is 2.42. The zero-order chi connectivity index (χ0) is 16.7. The highest BCUT2D eigenvalue weighted by atomic mass is 28.4. The minimum absolute atomic E-state index is 0.00682. The first-order chi connectivity index (χ1) is 9.64. The molecule has 0 aliphatic rings. The Bertz CT molecular complexity index is 357. The van der Waals surface area contributed by atoms with E-state index in [0.717, 1.165) is 0 Å². The van der Waals surface area contributed by atoms with Gasteiger partial charge in [-0.15, -0.1) is 6.58 Å². The number of aliphatic hydroxyl groups excluding tert-OH is 1. The van der Waals surface area contributed by atoms with Crippen LogP contribution in [0, 0.1) is 11.3 Å². The van der Waals surface area contributed by atoms with Gasteiger partial charge in [0.05, 0.1) is 24.8 Å². The van der Waals surface area contributed by atoms with Crippen molar-refractivity contribution in [2.24, 2.45) is 0 Å². The van der Waals surface area contributed by atoms with Crippen molar-refractivity contribution in [2.45, 2.75) is 57.2 Å². The molecule has 122 valence electrons. The van der Waals surface area contributed by atoms with E-state index in [0.29, 0.717) is 6.54 Å². The number of nitrogens with zero attached hydrogens (tertiary/aromatic N) is 1. The second kappa shape index (κ2) is 8.66. The van der Waals surface area contributed by atoms with E-state index in [-0.39, 0.29) is 11.6 Å². The Balaban J connectivity index is 5.23. The summed E-state index contributed by atoms with van der Waals surface area (Å²) < 4.78 is 11.5. The molecule has 2 N–H and O–H groups in total. The minimum atomic E-state index is -2.09. The third kappa shape index (κ3) is 5.89. The topological polar surface area (TPSA) is 74.5 Å². The maximum Gasteiger partial charge on any atom is 0.193 e. The molecule has 0 saturated carbocycles. The van der Waals surface area contributed by atoms with E-state index >= 15 is 0 Å². The molecule has 0 heterocycles. The molecule has 3 atom stereocenters. The molecule has 0 rings (SSSR count). The maximum absolute atomic E-state index is 9.51. The van der Waals surface area contributed by atoms with Gasteiger partial charge in [0.2, 0.25) is 0 Å². The monoisotopic (exact) mass is 314 g/mol. The molecule has 0 bridgehead atoms. The van der Waals surface area contributed by atoms with Crippen LogP contribution < -0.4 is 5.32 Å². The Morgan fingerprint density at radius 2 is 2.00 bits per heavy atom. The lowest BCUT2D eigenvalue weighted by atomic mass is 10.1. The number of rotatable bonds is 9. The van der Waals surface area contributed by atoms with Crippen LogP contribution in [0.4, 0.5) is 0 Å². The van der Waals surface area contributed by atoms with E-state index in [4.69, 9.17) is 9.16 Å². The van der Waals surface area contributed by atoms with E-state index in [2.05, 4.69) is 51.8 Å². The fourth-order valence-electron chi connectivity index (χ4n) is 1.66. The highest BCUT2D eigenvalue weighted by Crippen LogP contribution is 2.37. The largest absolute Gasteiger partial charge is 0.400 e. The Hall–Kier alpha value is -0.713. The Labute approximate surface area is 130 Å². The van der Waals surface area contributed by atoms with Gasteiger partial charge in [0, 0.05) is 13.7 Å². The molecule has 0 amide bonds. The average Bonchev–Trinajstić information content (AvgIpc) is 2.40. The standard InChI is InChI=1S/C15H30N2O3Si/c1-8-9-17-14(13(11-18)19-5)12(10-16)20-21(6,7)15(2,3)4/h8,12-14,17-18H,1,9,11H2,2-7H3/t12-,13-,14-/m0/s1. The highest BCUT2D eigenvalue weighted by molar-refractivity contribution is 6.74. The molecule has 0 unspecified atom stereocenters. The molecule has 0 saturated heterocycles. The van der Waals surface area contributed by atoms with Crippen LogP contribution in [0.2, 0.25) is 18.1 Å². The van der Waals surface area contributed by atoms with E-state index < -0.39 is 26.6 Å². The average molecular weight is 315 g/mol. The van der Waals surface area contributed by atoms with Gasteiger partial charge in [-0.05, 0) is 18.1 Å². The van der Waals surface area contributed by atoms with Gasteiger partial charge in [-0.1, -0.05) is 26.8 Å². The summed E-state index contributed by atoms with van der Waals surface area (Å²) >= 11 is 0. The van der Waals surface area contributed by atoms with Crippen molar-refractivity contribution >= 4 is 8.32 Å². The van der Waals surface area contributed by atoms with Crippen LogP contribution in [0.5, 0.6) is 0 Å². The fraction of sp³-hybridized carbons (Fsp3) is 0.800. The minimum Gasteiger partial charge on any atom is -0.400 e. The van der Waals surface area contributed by atoms with Gasteiger partial charge >= 0.3 is 0 Å². The van der Waals surface area contributed by atoms with E-state index in [1.165, 1.54) is 7.11 Å². The Morgan fingerprint density at radius 3 is 2.33 bits per heavy atom. The second-order valence-corrected chi connectivity index (χ2v) is 11.4. The van der Waals surface area contributed by atoms with Gasteiger partial charge in [0.25, 0.3) is 0 Å². The summed E-state index contributed by atoms with van der Waals surface area (Å²) in [6, 6.07) is 1.81. The molecule has 0 radical (unpaired) electrons. The summed E-state index contributed by atoms with van der Waals surface area (Å²) in [5, 5.41) is 22.1. The van der Waals surface area contributed by atoms with E-state index in [1.807, 2.05) is 0 Å². The van der Waals surface area contributed by atoms with Crippen LogP contribution in [-0.2, 0) is 9.16 Å². The quantitative estimate of drug-likeness (QED) is 0.503. The molecule has 0 aromatic heterocycles. The summed E-state index contributed by atoms with van der Waals surface area (Å²) in [6.45, 7) is 14.6. The van der Waals surface area contributed by atoms with Gasteiger partial charge in [-0.3, -0.25) is 0 Å². The van der Waals surface area contributed by atoms with Crippen LogP contribution in [0.3, 0.4) is 0 Å². The zero-order valence-corrected chi connectivity index (χ0v) is 15.1. The van der Waals surface area contributed by atoms with E-state index in [1.54, 1.807) is 6.08 Å². The van der Waals surface area contributed by atoms with Crippen molar-refractivity contribution in [1.82, 2.24) is 5.32 Å². The first-order valence-electron chi connectivity index (χ1n) is 7.20. The first-order valence-corrected chi connectivity index (χ1v) is 10.1. The molecular weight excluding hydrogens is 284 g/mol. The number of hydrogen-bond acceptors (Lipinski definition) is 5. The normalized spacial score (nSPS) is 16.9. The number of nitriles is 1. The lowest BCUT2D eigenvalue weighted by molar-refractivity contribution is -0.00330. The number of hydrogen-bond donors (Lipinski definition) is 2. The third-order valence-electron chi connectivity index (χ3n) is 4.06. The van der Waals surface area contributed by atoms with Crippen molar-refractivity contribution in [3.05, 3.63) is 12.7 Å². The van der Waals surface area contributed by atoms with Crippen LogP contribution in [-0.4, -0.2) is 51.9 Å². The lowest BCUT2D eigenvalue weighted by Gasteiger charge is -2.40. The number of nitrogens with one attached hydrogen (secondary N) is 1. The summed E-state index contributed by atoms with van der Waals surface area (Å²) in [4.78, 5) is 0. The van der Waals surface area contributed by atoms with Crippen LogP contribution in [0.1, 0.15) is 20.8 Å². The number of methoxy groups -OCH3 is 1. The van der Waals surface area contributed by atoms with Crippen LogP contribution in [0.25, 0.3) is 0 Å². The van der Waals surface area contributed by atoms with Crippen molar-refractivity contribution in [3.63, 3.8) is 0 Å². The number of aliphatic hydroxyl groups is 1. The molecule has 0 fully saturated rings. The Morgan fingerprint density at radius 1 is 1.43 bits per heavy atom. The lowest BCUT2D eigenvalue weighted by Crippen LogP contribution is -2.55. The summed E-state index contributed by atoms with van der Waals surface area (Å²) in [5.41, 5.74) is 0. The third-order valence-corrected chi connectivity index (χ3v) is 8.52. The molecule has 0 aliphatic carbocycles. The predicted octanol–water partition coefficient (Wildman–Crippen LogP) is 2.05. The van der Waals surface area contributed by atoms with Crippen molar-refractivity contribution in [2.75, 3.05) is 20.3 Å². The molecular formula is C15H30N2O3Si.